The van der Waals surface area contributed by atoms with E-state index in [9.17, 15) is 4.79 Å². The largest absolute Gasteiger partial charge is 0.494 e. The quantitative estimate of drug-likeness (QED) is 0.816. The molecule has 116 valence electrons. The third-order valence-corrected chi connectivity index (χ3v) is 3.49. The number of hydrogen-bond acceptors (Lipinski definition) is 2. The van der Waals surface area contributed by atoms with Gasteiger partial charge in [0.2, 0.25) is 0 Å². The van der Waals surface area contributed by atoms with Crippen LogP contribution in [-0.4, -0.2) is 18.6 Å². The van der Waals surface area contributed by atoms with E-state index in [2.05, 4.69) is 0 Å². The van der Waals surface area contributed by atoms with Gasteiger partial charge in [0.25, 0.3) is 5.91 Å². The second-order valence-corrected chi connectivity index (χ2v) is 5.52. The smallest absolute Gasteiger partial charge is 0.258 e. The highest BCUT2D eigenvalue weighted by Gasteiger charge is 2.21. The molecule has 0 saturated carbocycles. The molecule has 0 N–H and O–H groups in total. The zero-order chi connectivity index (χ0) is 16.1. The summed E-state index contributed by atoms with van der Waals surface area (Å²) in [6.45, 7) is 8.58. The van der Waals surface area contributed by atoms with Gasteiger partial charge < -0.3 is 9.64 Å². The molecule has 0 aromatic heterocycles. The van der Waals surface area contributed by atoms with Crippen LogP contribution in [0.15, 0.2) is 48.5 Å². The molecule has 0 radical (unpaired) electrons. The van der Waals surface area contributed by atoms with Crippen molar-refractivity contribution in [3.63, 3.8) is 0 Å². The molecule has 0 atom stereocenters. The molecule has 0 saturated heterocycles. The molecular weight excluding hydrogens is 274 g/mol. The molecule has 2 rings (SSSR count). The Labute approximate surface area is 132 Å². The summed E-state index contributed by atoms with van der Waals surface area (Å²) in [5, 5.41) is 0. The highest BCUT2D eigenvalue weighted by atomic mass is 16.5. The Kier molecular flexibility index (Phi) is 5.21. The monoisotopic (exact) mass is 297 g/mol. The number of aryl methyl sites for hydroxylation is 1. The van der Waals surface area contributed by atoms with E-state index >= 15 is 0 Å². The first-order chi connectivity index (χ1) is 10.5. The minimum absolute atomic E-state index is 0.00680. The van der Waals surface area contributed by atoms with Gasteiger partial charge >= 0.3 is 0 Å². The van der Waals surface area contributed by atoms with Crippen molar-refractivity contribution >= 4 is 11.6 Å². The molecule has 0 aliphatic carbocycles. The Bertz CT molecular complexity index is 635. The lowest BCUT2D eigenvalue weighted by Crippen LogP contribution is -2.37. The van der Waals surface area contributed by atoms with Gasteiger partial charge in [0.05, 0.1) is 6.61 Å². The van der Waals surface area contributed by atoms with Gasteiger partial charge in [-0.3, -0.25) is 4.79 Å². The molecular formula is C19H23NO2. The summed E-state index contributed by atoms with van der Waals surface area (Å²) in [4.78, 5) is 14.7. The molecule has 0 aliphatic rings. The Morgan fingerprint density at radius 2 is 1.82 bits per heavy atom. The van der Waals surface area contributed by atoms with Gasteiger partial charge in [-0.25, -0.2) is 0 Å². The highest BCUT2D eigenvalue weighted by molar-refractivity contribution is 6.06. The van der Waals surface area contributed by atoms with Crippen molar-refractivity contribution in [1.29, 1.82) is 0 Å². The summed E-state index contributed by atoms with van der Waals surface area (Å²) < 4.78 is 5.54. The van der Waals surface area contributed by atoms with E-state index in [1.54, 1.807) is 0 Å². The molecule has 2 aromatic rings. The molecule has 0 fully saturated rings. The van der Waals surface area contributed by atoms with Gasteiger partial charge in [-0.1, -0.05) is 18.2 Å². The van der Waals surface area contributed by atoms with Crippen LogP contribution >= 0.6 is 0 Å². The van der Waals surface area contributed by atoms with Crippen LogP contribution < -0.4 is 9.64 Å². The fourth-order valence-electron chi connectivity index (χ4n) is 2.48. The van der Waals surface area contributed by atoms with Crippen molar-refractivity contribution in [2.75, 3.05) is 11.5 Å². The first-order valence-corrected chi connectivity index (χ1v) is 7.66. The number of carbonyl (C=O) groups excluding carboxylic acids is 1. The molecule has 22 heavy (non-hydrogen) atoms. The molecule has 3 nitrogen and oxygen atoms in total. The normalized spacial score (nSPS) is 10.6. The van der Waals surface area contributed by atoms with E-state index in [-0.39, 0.29) is 11.9 Å². The van der Waals surface area contributed by atoms with Gasteiger partial charge in [0.1, 0.15) is 5.75 Å². The van der Waals surface area contributed by atoms with Crippen molar-refractivity contribution in [2.24, 2.45) is 0 Å². The summed E-state index contributed by atoms with van der Waals surface area (Å²) in [7, 11) is 0. The number of amides is 1. The van der Waals surface area contributed by atoms with Gasteiger partial charge in [-0.05, 0) is 63.6 Å². The van der Waals surface area contributed by atoms with Crippen LogP contribution in [0.3, 0.4) is 0 Å². The number of nitrogens with zero attached hydrogens (tertiary/aromatic N) is 1. The fourth-order valence-corrected chi connectivity index (χ4v) is 2.48. The lowest BCUT2D eigenvalue weighted by molar-refractivity contribution is 0.0980. The maximum atomic E-state index is 12.9. The SMILES string of the molecule is CCOc1ccc(C(=O)N(c2ccccc2)C(C)C)cc1C. The molecule has 0 heterocycles. The van der Waals surface area contributed by atoms with Gasteiger partial charge in [0, 0.05) is 17.3 Å². The Balaban J connectivity index is 2.34. The summed E-state index contributed by atoms with van der Waals surface area (Å²) in [5.41, 5.74) is 2.57. The Hall–Kier alpha value is -2.29. The van der Waals surface area contributed by atoms with E-state index in [1.165, 1.54) is 0 Å². The van der Waals surface area contributed by atoms with Crippen LogP contribution in [0.1, 0.15) is 36.7 Å². The second kappa shape index (κ2) is 7.12. The van der Waals surface area contributed by atoms with Crippen LogP contribution in [0.2, 0.25) is 0 Å². The van der Waals surface area contributed by atoms with Crippen LogP contribution in [0.25, 0.3) is 0 Å². The Morgan fingerprint density at radius 1 is 1.14 bits per heavy atom. The van der Waals surface area contributed by atoms with Crippen LogP contribution in [0, 0.1) is 6.92 Å². The summed E-state index contributed by atoms with van der Waals surface area (Å²) in [5.74, 6) is 0.835. The number of ether oxygens (including phenoxy) is 1. The van der Waals surface area contributed by atoms with E-state index in [1.807, 2.05) is 81.1 Å². The summed E-state index contributed by atoms with van der Waals surface area (Å²) >= 11 is 0. The van der Waals surface area contributed by atoms with Crippen molar-refractivity contribution in [3.8, 4) is 5.75 Å². The Morgan fingerprint density at radius 3 is 2.36 bits per heavy atom. The zero-order valence-corrected chi connectivity index (χ0v) is 13.7. The highest BCUT2D eigenvalue weighted by Crippen LogP contribution is 2.23. The number of para-hydroxylation sites is 1. The van der Waals surface area contributed by atoms with Gasteiger partial charge in [-0.2, -0.15) is 0 Å². The predicted molar refractivity (Wildman–Crippen MR) is 90.7 cm³/mol. The van der Waals surface area contributed by atoms with Crippen molar-refractivity contribution in [1.82, 2.24) is 0 Å². The van der Waals surface area contributed by atoms with E-state index in [0.717, 1.165) is 17.0 Å². The van der Waals surface area contributed by atoms with Crippen molar-refractivity contribution in [2.45, 2.75) is 33.7 Å². The van der Waals surface area contributed by atoms with Crippen molar-refractivity contribution < 1.29 is 9.53 Å². The van der Waals surface area contributed by atoms with E-state index in [4.69, 9.17) is 4.74 Å². The molecule has 0 unspecified atom stereocenters. The summed E-state index contributed by atoms with van der Waals surface area (Å²) in [6.07, 6.45) is 0. The van der Waals surface area contributed by atoms with Gasteiger partial charge in [-0.15, -0.1) is 0 Å². The number of carbonyl (C=O) groups is 1. The average molecular weight is 297 g/mol. The summed E-state index contributed by atoms with van der Waals surface area (Å²) in [6, 6.07) is 15.4. The minimum Gasteiger partial charge on any atom is -0.494 e. The maximum absolute atomic E-state index is 12.9. The topological polar surface area (TPSA) is 29.5 Å². The molecule has 1 amide bonds. The first-order valence-electron chi connectivity index (χ1n) is 7.66. The van der Waals surface area contributed by atoms with Crippen LogP contribution in [0.4, 0.5) is 5.69 Å². The lowest BCUT2D eigenvalue weighted by atomic mass is 10.1. The maximum Gasteiger partial charge on any atom is 0.258 e. The molecule has 3 heteroatoms. The lowest BCUT2D eigenvalue weighted by Gasteiger charge is -2.27. The number of hydrogen-bond donors (Lipinski definition) is 0. The second-order valence-electron chi connectivity index (χ2n) is 5.52. The van der Waals surface area contributed by atoms with E-state index in [0.29, 0.717) is 12.2 Å². The van der Waals surface area contributed by atoms with Crippen molar-refractivity contribution in [3.05, 3.63) is 59.7 Å². The van der Waals surface area contributed by atoms with E-state index < -0.39 is 0 Å². The zero-order valence-electron chi connectivity index (χ0n) is 13.7. The molecule has 0 bridgehead atoms. The standard InChI is InChI=1S/C19H23NO2/c1-5-22-18-12-11-16(13-15(18)4)19(21)20(14(2)3)17-9-7-6-8-10-17/h6-14H,5H2,1-4H3. The molecule has 0 aliphatic heterocycles. The number of rotatable bonds is 5. The first kappa shape index (κ1) is 16.1. The predicted octanol–water partition coefficient (Wildman–Crippen LogP) is 4.45. The molecule has 2 aromatic carbocycles. The minimum atomic E-state index is 0.00680. The molecule has 0 spiro atoms. The third kappa shape index (κ3) is 3.48. The fraction of sp³-hybridized carbons (Fsp3) is 0.316. The van der Waals surface area contributed by atoms with Crippen LogP contribution in [0.5, 0.6) is 5.75 Å². The number of anilines is 1. The average Bonchev–Trinajstić information content (AvgIpc) is 2.50. The number of benzene rings is 2. The van der Waals surface area contributed by atoms with Crippen LogP contribution in [-0.2, 0) is 0 Å². The van der Waals surface area contributed by atoms with Gasteiger partial charge in [0.15, 0.2) is 0 Å². The third-order valence-electron chi connectivity index (χ3n) is 3.49.